The first kappa shape index (κ1) is 12.0. The van der Waals surface area contributed by atoms with E-state index in [1.54, 1.807) is 6.07 Å². The van der Waals surface area contributed by atoms with Gasteiger partial charge in [0.15, 0.2) is 0 Å². The lowest BCUT2D eigenvalue weighted by Gasteiger charge is -2.05. The molecule has 5 nitrogen and oxygen atoms in total. The number of rotatable bonds is 4. The summed E-state index contributed by atoms with van der Waals surface area (Å²) < 4.78 is 0. The average Bonchev–Trinajstić information content (AvgIpc) is 2.25. The molecule has 1 rings (SSSR count). The molecule has 6 heteroatoms. The average molecular weight is 238 g/mol. The van der Waals surface area contributed by atoms with Gasteiger partial charge >= 0.3 is 0 Å². The molecule has 1 aromatic rings. The van der Waals surface area contributed by atoms with E-state index in [4.69, 9.17) is 16.9 Å². The second-order valence-corrected chi connectivity index (χ2v) is 3.51. The Labute approximate surface area is 97.1 Å². The van der Waals surface area contributed by atoms with Gasteiger partial charge in [0.05, 0.1) is 11.5 Å². The van der Waals surface area contributed by atoms with Gasteiger partial charge < -0.3 is 5.32 Å². The summed E-state index contributed by atoms with van der Waals surface area (Å²) in [5.41, 5.74) is 0.386. The Balaban J connectivity index is 2.96. The van der Waals surface area contributed by atoms with E-state index < -0.39 is 4.92 Å². The quantitative estimate of drug-likeness (QED) is 0.645. The second kappa shape index (κ2) is 5.14. The molecule has 0 radical (unpaired) electrons. The minimum Gasteiger partial charge on any atom is -0.380 e. The summed E-state index contributed by atoms with van der Waals surface area (Å²) in [7, 11) is 0. The monoisotopic (exact) mass is 237 g/mol. The van der Waals surface area contributed by atoms with Crippen LogP contribution in [0.3, 0.4) is 0 Å². The maximum absolute atomic E-state index is 10.6. The number of hydrogen-bond acceptors (Lipinski definition) is 4. The van der Waals surface area contributed by atoms with Gasteiger partial charge in [0, 0.05) is 16.8 Å². The summed E-state index contributed by atoms with van der Waals surface area (Å²) in [5, 5.41) is 22.6. The van der Waals surface area contributed by atoms with Crippen LogP contribution >= 0.6 is 11.6 Å². The maximum Gasteiger partial charge on any atom is 0.287 e. The first-order chi connectivity index (χ1) is 7.54. The topological polar surface area (TPSA) is 79.0 Å². The number of nitro groups is 1. The van der Waals surface area contributed by atoms with Crippen molar-refractivity contribution in [3.05, 3.63) is 45.5 Å². The lowest BCUT2D eigenvalue weighted by Crippen LogP contribution is -2.01. The van der Waals surface area contributed by atoms with Crippen LogP contribution in [0.1, 0.15) is 5.56 Å². The van der Waals surface area contributed by atoms with E-state index >= 15 is 0 Å². The van der Waals surface area contributed by atoms with E-state index in [0.717, 1.165) is 0 Å². The molecule has 0 spiro atoms. The van der Waals surface area contributed by atoms with Crippen LogP contribution in [0.5, 0.6) is 0 Å². The lowest BCUT2D eigenvalue weighted by atomic mass is 10.2. The van der Waals surface area contributed by atoms with Crippen molar-refractivity contribution in [2.75, 3.05) is 11.9 Å². The van der Waals surface area contributed by atoms with E-state index in [1.807, 2.05) is 0 Å². The molecule has 0 heterocycles. The van der Waals surface area contributed by atoms with E-state index in [9.17, 15) is 10.1 Å². The molecule has 1 aromatic carbocycles. The van der Waals surface area contributed by atoms with Gasteiger partial charge in [-0.1, -0.05) is 18.2 Å². The highest BCUT2D eigenvalue weighted by Crippen LogP contribution is 2.21. The zero-order valence-electron chi connectivity index (χ0n) is 8.24. The fourth-order valence-corrected chi connectivity index (χ4v) is 1.16. The maximum atomic E-state index is 10.6. The van der Waals surface area contributed by atoms with Gasteiger partial charge in [-0.25, -0.2) is 0 Å². The highest BCUT2D eigenvalue weighted by Gasteiger charge is 2.13. The molecule has 0 aliphatic heterocycles. The summed E-state index contributed by atoms with van der Waals surface area (Å²) in [6, 6.07) is 5.96. The van der Waals surface area contributed by atoms with Gasteiger partial charge in [-0.05, 0) is 12.1 Å². The first-order valence-electron chi connectivity index (χ1n) is 4.30. The molecule has 0 aliphatic rings. The number of nitrogens with one attached hydrogen (secondary N) is 1. The Morgan fingerprint density at radius 3 is 2.88 bits per heavy atom. The van der Waals surface area contributed by atoms with Gasteiger partial charge in [-0.2, -0.15) is 5.26 Å². The number of hydrogen-bond donors (Lipinski definition) is 1. The molecule has 1 N–H and O–H groups in total. The Bertz CT molecular complexity index is 479. The van der Waals surface area contributed by atoms with Crippen LogP contribution in [0.4, 0.5) is 11.4 Å². The van der Waals surface area contributed by atoms with Gasteiger partial charge in [0.1, 0.15) is 11.6 Å². The van der Waals surface area contributed by atoms with Crippen LogP contribution < -0.4 is 5.32 Å². The van der Waals surface area contributed by atoms with Gasteiger partial charge in [0.2, 0.25) is 0 Å². The molecule has 0 bridgehead atoms. The highest BCUT2D eigenvalue weighted by molar-refractivity contribution is 6.29. The molecule has 0 fully saturated rings. The van der Waals surface area contributed by atoms with Crippen molar-refractivity contribution in [2.24, 2.45) is 0 Å². The van der Waals surface area contributed by atoms with Crippen LogP contribution in [-0.2, 0) is 0 Å². The largest absolute Gasteiger partial charge is 0.380 e. The van der Waals surface area contributed by atoms with Crippen molar-refractivity contribution in [1.29, 1.82) is 5.26 Å². The standard InChI is InChI=1S/C10H8ClN3O2/c1-7(11)6-13-9-2-3-10(14(15)16)8(4-9)5-12/h2-4,13H,1,6H2. The summed E-state index contributed by atoms with van der Waals surface area (Å²) in [4.78, 5) is 9.96. The Hall–Kier alpha value is -2.06. The number of benzene rings is 1. The highest BCUT2D eigenvalue weighted by atomic mass is 35.5. The van der Waals surface area contributed by atoms with E-state index in [0.29, 0.717) is 17.3 Å². The van der Waals surface area contributed by atoms with Crippen LogP contribution in [0.15, 0.2) is 29.8 Å². The fraction of sp³-hybridized carbons (Fsp3) is 0.100. The molecule has 0 saturated carbocycles. The molecular formula is C10H8ClN3O2. The zero-order valence-corrected chi connectivity index (χ0v) is 8.99. The van der Waals surface area contributed by atoms with Crippen molar-refractivity contribution in [3.8, 4) is 6.07 Å². The van der Waals surface area contributed by atoms with Crippen molar-refractivity contribution >= 4 is 23.0 Å². The third kappa shape index (κ3) is 2.97. The second-order valence-electron chi connectivity index (χ2n) is 2.97. The van der Waals surface area contributed by atoms with E-state index in [-0.39, 0.29) is 11.3 Å². The normalized spacial score (nSPS) is 9.25. The van der Waals surface area contributed by atoms with Gasteiger partial charge in [0.25, 0.3) is 5.69 Å². The van der Waals surface area contributed by atoms with Crippen molar-refractivity contribution in [1.82, 2.24) is 0 Å². The summed E-state index contributed by atoms with van der Waals surface area (Å²) in [6.45, 7) is 3.83. The number of halogens is 1. The molecule has 0 aliphatic carbocycles. The number of nitro benzene ring substituents is 1. The summed E-state index contributed by atoms with van der Waals surface area (Å²) >= 11 is 5.55. The summed E-state index contributed by atoms with van der Waals surface area (Å²) in [6.07, 6.45) is 0. The van der Waals surface area contributed by atoms with Crippen molar-refractivity contribution < 1.29 is 4.92 Å². The molecule has 0 atom stereocenters. The van der Waals surface area contributed by atoms with Crippen LogP contribution in [0.25, 0.3) is 0 Å². The molecule has 16 heavy (non-hydrogen) atoms. The molecule has 0 amide bonds. The van der Waals surface area contributed by atoms with Crippen molar-refractivity contribution in [2.45, 2.75) is 0 Å². The zero-order chi connectivity index (χ0) is 12.1. The Morgan fingerprint density at radius 2 is 2.38 bits per heavy atom. The number of nitrogens with zero attached hydrogens (tertiary/aromatic N) is 2. The van der Waals surface area contributed by atoms with Crippen LogP contribution in [-0.4, -0.2) is 11.5 Å². The number of nitriles is 1. The third-order valence-corrected chi connectivity index (χ3v) is 1.93. The molecule has 0 saturated heterocycles. The van der Waals surface area contributed by atoms with Crippen molar-refractivity contribution in [3.63, 3.8) is 0 Å². The van der Waals surface area contributed by atoms with Crippen LogP contribution in [0.2, 0.25) is 0 Å². The molecular weight excluding hydrogens is 230 g/mol. The minimum absolute atomic E-state index is 0.00943. The molecule has 0 unspecified atom stereocenters. The van der Waals surface area contributed by atoms with Crippen LogP contribution in [0, 0.1) is 21.4 Å². The third-order valence-electron chi connectivity index (χ3n) is 1.80. The number of anilines is 1. The molecule has 0 aromatic heterocycles. The van der Waals surface area contributed by atoms with E-state index in [1.165, 1.54) is 18.2 Å². The molecule has 82 valence electrons. The summed E-state index contributed by atoms with van der Waals surface area (Å²) in [5.74, 6) is 0. The predicted molar refractivity (Wildman–Crippen MR) is 61.3 cm³/mol. The minimum atomic E-state index is -0.594. The predicted octanol–water partition coefficient (Wildman–Crippen LogP) is 2.63. The van der Waals surface area contributed by atoms with E-state index in [2.05, 4.69) is 11.9 Å². The smallest absolute Gasteiger partial charge is 0.287 e. The fourth-order valence-electron chi connectivity index (χ4n) is 1.09. The van der Waals surface area contributed by atoms with Gasteiger partial charge in [-0.15, -0.1) is 0 Å². The lowest BCUT2D eigenvalue weighted by molar-refractivity contribution is -0.385. The van der Waals surface area contributed by atoms with Gasteiger partial charge in [-0.3, -0.25) is 10.1 Å². The Morgan fingerprint density at radius 1 is 1.69 bits per heavy atom. The SMILES string of the molecule is C=C(Cl)CNc1ccc([N+](=O)[O-])c(C#N)c1. The first-order valence-corrected chi connectivity index (χ1v) is 4.68. The Kier molecular flexibility index (Phi) is 3.86.